The number of aromatic nitrogens is 2. The van der Waals surface area contributed by atoms with Crippen LogP contribution in [0.5, 0.6) is 0 Å². The fraction of sp³-hybridized carbons (Fsp3) is 0.267. The maximum atomic E-state index is 14.2. The van der Waals surface area contributed by atoms with E-state index in [0.717, 1.165) is 30.5 Å². The largest absolute Gasteiger partial charge is 0.396 e. The molecule has 0 bridgehead atoms. The van der Waals surface area contributed by atoms with Gasteiger partial charge in [-0.3, -0.25) is 9.78 Å². The average molecular weight is 510 g/mol. The van der Waals surface area contributed by atoms with Gasteiger partial charge in [0.15, 0.2) is 0 Å². The standard InChI is InChI=1S/C30H28FN5O2/c1-36(18-24-6-3-10-33-24)30(38)28-25(21-5-2-4-19(12-21)9-11-37)17-34-27-8-7-26(35-29(27)28)22-13-20(16-32)14-23(31)15-22/h2,4-5,7-8,12-15,17,24,33,37H,3,6,9-11,18H2,1H3/t24-/m0/s1. The van der Waals surface area contributed by atoms with Crippen LogP contribution in [-0.2, 0) is 6.42 Å². The molecule has 3 heterocycles. The van der Waals surface area contributed by atoms with Crippen molar-refractivity contribution in [2.24, 2.45) is 0 Å². The third-order valence-electron chi connectivity index (χ3n) is 6.89. The lowest BCUT2D eigenvalue weighted by Gasteiger charge is -2.23. The molecule has 0 aliphatic carbocycles. The zero-order chi connectivity index (χ0) is 26.6. The lowest BCUT2D eigenvalue weighted by molar-refractivity contribution is 0.0786. The van der Waals surface area contributed by atoms with Crippen molar-refractivity contribution in [3.05, 3.63) is 83.3 Å². The summed E-state index contributed by atoms with van der Waals surface area (Å²) in [5.74, 6) is -0.719. The van der Waals surface area contributed by atoms with E-state index in [1.807, 2.05) is 30.3 Å². The summed E-state index contributed by atoms with van der Waals surface area (Å²) in [7, 11) is 1.79. The second kappa shape index (κ2) is 11.1. The number of amides is 1. The number of carbonyl (C=O) groups is 1. The minimum atomic E-state index is -0.534. The van der Waals surface area contributed by atoms with Gasteiger partial charge >= 0.3 is 0 Å². The summed E-state index contributed by atoms with van der Waals surface area (Å²) in [6.07, 6.45) is 4.27. The number of hydrogen-bond acceptors (Lipinski definition) is 6. The van der Waals surface area contributed by atoms with E-state index in [9.17, 15) is 19.6 Å². The Hall–Kier alpha value is -4.19. The van der Waals surface area contributed by atoms with Crippen molar-refractivity contribution >= 4 is 16.9 Å². The van der Waals surface area contributed by atoms with Gasteiger partial charge in [0.1, 0.15) is 11.3 Å². The molecule has 0 unspecified atom stereocenters. The van der Waals surface area contributed by atoms with Crippen LogP contribution in [0, 0.1) is 17.1 Å². The molecule has 1 saturated heterocycles. The highest BCUT2D eigenvalue weighted by Crippen LogP contribution is 2.32. The summed E-state index contributed by atoms with van der Waals surface area (Å²) in [4.78, 5) is 25.2. The molecule has 2 aromatic heterocycles. The van der Waals surface area contributed by atoms with E-state index in [4.69, 9.17) is 4.98 Å². The molecule has 1 fully saturated rings. The first-order chi connectivity index (χ1) is 18.5. The topological polar surface area (TPSA) is 102 Å². The van der Waals surface area contributed by atoms with Gasteiger partial charge in [0.2, 0.25) is 0 Å². The van der Waals surface area contributed by atoms with Crippen molar-refractivity contribution in [2.75, 3.05) is 26.7 Å². The lowest BCUT2D eigenvalue weighted by atomic mass is 9.96. The first-order valence-corrected chi connectivity index (χ1v) is 12.7. The normalized spacial score (nSPS) is 14.9. The number of fused-ring (bicyclic) bond motifs is 1. The van der Waals surface area contributed by atoms with Gasteiger partial charge in [-0.15, -0.1) is 0 Å². The number of rotatable bonds is 7. The predicted molar refractivity (Wildman–Crippen MR) is 144 cm³/mol. The molecule has 0 spiro atoms. The summed E-state index contributed by atoms with van der Waals surface area (Å²) in [6.45, 7) is 1.52. The Kier molecular flexibility index (Phi) is 7.40. The molecule has 7 nitrogen and oxygen atoms in total. The Morgan fingerprint density at radius 3 is 2.84 bits per heavy atom. The van der Waals surface area contributed by atoms with Crippen LogP contribution in [0.2, 0.25) is 0 Å². The van der Waals surface area contributed by atoms with Crippen LogP contribution in [0.4, 0.5) is 4.39 Å². The fourth-order valence-electron chi connectivity index (χ4n) is 5.00. The molecule has 1 atom stereocenters. The number of hydrogen-bond donors (Lipinski definition) is 2. The molecule has 1 amide bonds. The van der Waals surface area contributed by atoms with Crippen molar-refractivity contribution in [1.29, 1.82) is 5.26 Å². The number of pyridine rings is 2. The van der Waals surface area contributed by atoms with E-state index in [1.165, 1.54) is 12.1 Å². The van der Waals surface area contributed by atoms with Crippen molar-refractivity contribution < 1.29 is 14.3 Å². The van der Waals surface area contributed by atoms with E-state index >= 15 is 0 Å². The van der Waals surface area contributed by atoms with Crippen molar-refractivity contribution in [2.45, 2.75) is 25.3 Å². The number of aliphatic hydroxyl groups excluding tert-OH is 1. The van der Waals surface area contributed by atoms with E-state index < -0.39 is 5.82 Å². The number of nitriles is 1. The van der Waals surface area contributed by atoms with Crippen LogP contribution in [0.25, 0.3) is 33.4 Å². The molecule has 1 aliphatic heterocycles. The molecule has 0 radical (unpaired) electrons. The molecule has 2 aromatic carbocycles. The molecule has 2 N–H and O–H groups in total. The lowest BCUT2D eigenvalue weighted by Crippen LogP contribution is -2.39. The van der Waals surface area contributed by atoms with Crippen LogP contribution in [0.1, 0.15) is 34.3 Å². The highest BCUT2D eigenvalue weighted by molar-refractivity contribution is 6.10. The number of benzene rings is 2. The molecule has 4 aromatic rings. The molecule has 1 aliphatic rings. The van der Waals surface area contributed by atoms with Gasteiger partial charge in [0.25, 0.3) is 5.91 Å². The average Bonchev–Trinajstić information content (AvgIpc) is 3.44. The van der Waals surface area contributed by atoms with Crippen molar-refractivity contribution in [3.63, 3.8) is 0 Å². The Morgan fingerprint density at radius 1 is 1.21 bits per heavy atom. The minimum absolute atomic E-state index is 0.0194. The summed E-state index contributed by atoms with van der Waals surface area (Å²) in [5, 5.41) is 22.2. The van der Waals surface area contributed by atoms with Crippen LogP contribution in [0.3, 0.4) is 0 Å². The Bertz CT molecular complexity index is 1540. The first kappa shape index (κ1) is 25.5. The molecule has 0 saturated carbocycles. The Morgan fingerprint density at radius 2 is 2.08 bits per heavy atom. The van der Waals surface area contributed by atoms with Crippen molar-refractivity contribution in [3.8, 4) is 28.5 Å². The Balaban J connectivity index is 1.68. The highest BCUT2D eigenvalue weighted by Gasteiger charge is 2.25. The van der Waals surface area contributed by atoms with E-state index in [1.54, 1.807) is 36.3 Å². The molecule has 5 rings (SSSR count). The van der Waals surface area contributed by atoms with Gasteiger partial charge in [-0.1, -0.05) is 24.3 Å². The van der Waals surface area contributed by atoms with Crippen LogP contribution >= 0.6 is 0 Å². The maximum absolute atomic E-state index is 14.2. The van der Waals surface area contributed by atoms with Gasteiger partial charge in [0, 0.05) is 43.6 Å². The smallest absolute Gasteiger partial charge is 0.256 e. The summed E-state index contributed by atoms with van der Waals surface area (Å²) >= 11 is 0. The van der Waals surface area contributed by atoms with Gasteiger partial charge in [0.05, 0.1) is 28.4 Å². The Labute approximate surface area is 220 Å². The minimum Gasteiger partial charge on any atom is -0.396 e. The SMILES string of the molecule is CN(C[C@@H]1CCCN1)C(=O)c1c(-c2cccc(CCO)c2)cnc2ccc(-c3cc(F)cc(C#N)c3)nc12. The molecule has 192 valence electrons. The monoisotopic (exact) mass is 509 g/mol. The third kappa shape index (κ3) is 5.25. The van der Waals surface area contributed by atoms with E-state index in [2.05, 4.69) is 10.3 Å². The molecular formula is C30H28FN5O2. The zero-order valence-electron chi connectivity index (χ0n) is 21.1. The third-order valence-corrected chi connectivity index (χ3v) is 6.89. The quantitative estimate of drug-likeness (QED) is 0.384. The molecule has 38 heavy (non-hydrogen) atoms. The zero-order valence-corrected chi connectivity index (χ0v) is 21.1. The fourth-order valence-corrected chi connectivity index (χ4v) is 5.00. The van der Waals surface area contributed by atoms with Gasteiger partial charge in [-0.25, -0.2) is 9.37 Å². The van der Waals surface area contributed by atoms with Gasteiger partial charge in [-0.2, -0.15) is 5.26 Å². The summed E-state index contributed by atoms with van der Waals surface area (Å²) < 4.78 is 14.2. The highest BCUT2D eigenvalue weighted by atomic mass is 19.1. The van der Waals surface area contributed by atoms with E-state index in [0.29, 0.717) is 46.4 Å². The second-order valence-corrected chi connectivity index (χ2v) is 9.60. The number of aliphatic hydroxyl groups is 1. The number of carbonyl (C=O) groups excluding carboxylic acids is 1. The van der Waals surface area contributed by atoms with Gasteiger partial charge < -0.3 is 15.3 Å². The van der Waals surface area contributed by atoms with Crippen molar-refractivity contribution in [1.82, 2.24) is 20.2 Å². The number of likely N-dealkylation sites (N-methyl/N-ethyl adjacent to an activating group) is 1. The summed E-state index contributed by atoms with van der Waals surface area (Å²) in [6, 6.07) is 17.4. The van der Waals surface area contributed by atoms with Crippen LogP contribution in [-0.4, -0.2) is 58.7 Å². The van der Waals surface area contributed by atoms with Crippen LogP contribution < -0.4 is 5.32 Å². The second-order valence-electron chi connectivity index (χ2n) is 9.60. The number of nitrogens with zero attached hydrogens (tertiary/aromatic N) is 4. The number of halogens is 1. The molecule has 8 heteroatoms. The first-order valence-electron chi connectivity index (χ1n) is 12.7. The molecular weight excluding hydrogens is 481 g/mol. The van der Waals surface area contributed by atoms with Crippen LogP contribution in [0.15, 0.2) is 60.8 Å². The maximum Gasteiger partial charge on any atom is 0.256 e. The predicted octanol–water partition coefficient (Wildman–Crippen LogP) is 4.33. The number of nitrogens with one attached hydrogen (secondary N) is 1. The summed E-state index contributed by atoms with van der Waals surface area (Å²) in [5.41, 5.74) is 4.81. The van der Waals surface area contributed by atoms with E-state index in [-0.39, 0.29) is 24.1 Å². The van der Waals surface area contributed by atoms with Gasteiger partial charge in [-0.05, 0) is 67.3 Å².